The number of carbonyl (C=O) groups excluding carboxylic acids is 1. The maximum Gasteiger partial charge on any atom is 0.418 e. The molecule has 9 heteroatoms. The van der Waals surface area contributed by atoms with Crippen LogP contribution in [0.1, 0.15) is 30.2 Å². The minimum Gasteiger partial charge on any atom is -0.466 e. The van der Waals surface area contributed by atoms with Gasteiger partial charge in [-0.2, -0.15) is 13.2 Å². The molecule has 0 fully saturated rings. The first-order valence-corrected chi connectivity index (χ1v) is 6.45. The second-order valence-electron chi connectivity index (χ2n) is 3.64. The van der Waals surface area contributed by atoms with Gasteiger partial charge < -0.3 is 4.74 Å². The molecule has 0 saturated carbocycles. The summed E-state index contributed by atoms with van der Waals surface area (Å²) >= 11 is 1.51. The maximum atomic E-state index is 12.9. The molecule has 0 radical (unpaired) electrons. The Balaban J connectivity index is 3.37. The molecular weight excluding hydrogens is 400 g/mol. The van der Waals surface area contributed by atoms with E-state index in [1.165, 1.54) is 29.5 Å². The fourth-order valence-corrected chi connectivity index (χ4v) is 2.19. The zero-order valence-corrected chi connectivity index (χ0v) is 12.3. The van der Waals surface area contributed by atoms with Crippen molar-refractivity contribution in [3.63, 3.8) is 0 Å². The molecule has 1 aromatic rings. The fraction of sp³-hybridized carbons (Fsp3) is 0.455. The number of hydrogen-bond donors (Lipinski definition) is 0. The van der Waals surface area contributed by atoms with Crippen molar-refractivity contribution in [2.24, 2.45) is 0 Å². The lowest BCUT2D eigenvalue weighted by molar-refractivity contribution is -0.144. The summed E-state index contributed by atoms with van der Waals surface area (Å²) in [7, 11) is 0. The number of esters is 1. The van der Waals surface area contributed by atoms with Crippen molar-refractivity contribution in [2.45, 2.75) is 25.9 Å². The zero-order chi connectivity index (χ0) is 15.5. The van der Waals surface area contributed by atoms with E-state index in [2.05, 4.69) is 9.72 Å². The van der Waals surface area contributed by atoms with Gasteiger partial charge in [-0.15, -0.1) is 0 Å². The molecule has 0 aromatic carbocycles. The molecule has 1 heterocycles. The lowest BCUT2D eigenvalue weighted by Crippen LogP contribution is -2.19. The van der Waals surface area contributed by atoms with Crippen molar-refractivity contribution >= 4 is 28.6 Å². The van der Waals surface area contributed by atoms with E-state index in [0.717, 1.165) is 0 Å². The van der Waals surface area contributed by atoms with Gasteiger partial charge in [-0.05, 0) is 35.6 Å². The molecule has 0 aliphatic rings. The third-order valence-corrected chi connectivity index (χ3v) is 2.78. The Morgan fingerprint density at radius 3 is 2.50 bits per heavy atom. The Bertz CT molecular complexity index is 504. The minimum absolute atomic E-state index is 0.0220. The van der Waals surface area contributed by atoms with Gasteiger partial charge in [0.15, 0.2) is 0 Å². The first kappa shape index (κ1) is 17.1. The van der Waals surface area contributed by atoms with Crippen molar-refractivity contribution in [1.29, 1.82) is 0 Å². The molecule has 112 valence electrons. The third-order valence-electron chi connectivity index (χ3n) is 2.23. The van der Waals surface area contributed by atoms with Crippen LogP contribution in [0.2, 0.25) is 0 Å². The number of pyridine rings is 1. The molecule has 3 nitrogen and oxygen atoms in total. The van der Waals surface area contributed by atoms with Crippen LogP contribution in [-0.2, 0) is 22.1 Å². The highest BCUT2D eigenvalue weighted by Crippen LogP contribution is 2.38. The fourth-order valence-electron chi connectivity index (χ4n) is 1.56. The molecule has 1 rings (SSSR count). The summed E-state index contributed by atoms with van der Waals surface area (Å²) < 4.78 is 68.7. The van der Waals surface area contributed by atoms with Gasteiger partial charge in [0.1, 0.15) is 3.70 Å². The summed E-state index contributed by atoms with van der Waals surface area (Å²) in [5.74, 6) is -0.951. The number of carbonyl (C=O) groups is 1. The predicted molar refractivity (Wildman–Crippen MR) is 67.2 cm³/mol. The van der Waals surface area contributed by atoms with Crippen LogP contribution in [0.25, 0.3) is 0 Å². The van der Waals surface area contributed by atoms with Crippen LogP contribution in [0, 0.1) is 3.70 Å². The second kappa shape index (κ2) is 6.64. The third kappa shape index (κ3) is 4.25. The van der Waals surface area contributed by atoms with Crippen LogP contribution in [0.3, 0.4) is 0 Å². The number of nitrogens with zero attached hydrogens (tertiary/aromatic N) is 1. The van der Waals surface area contributed by atoms with Crippen molar-refractivity contribution in [3.8, 4) is 0 Å². The van der Waals surface area contributed by atoms with Crippen LogP contribution in [0.15, 0.2) is 6.07 Å². The largest absolute Gasteiger partial charge is 0.466 e. The van der Waals surface area contributed by atoms with Crippen molar-refractivity contribution < 1.29 is 31.5 Å². The SMILES string of the molecule is CCOC(=O)Cc1nc(I)cc(C(F)F)c1C(F)(F)F. The predicted octanol–water partition coefficient (Wildman–Crippen LogP) is 3.75. The lowest BCUT2D eigenvalue weighted by atomic mass is 10.0. The molecule has 0 spiro atoms. The standard InChI is InChI=1S/C11H9F5INO2/c1-2-20-8(19)4-6-9(11(14,15)16)5(10(12)13)3-7(17)18-6/h3,10H,2,4H2,1H3. The summed E-state index contributed by atoms with van der Waals surface area (Å²) in [5.41, 5.74) is -3.50. The highest BCUT2D eigenvalue weighted by atomic mass is 127. The Morgan fingerprint density at radius 2 is 2.05 bits per heavy atom. The molecule has 0 saturated heterocycles. The average molecular weight is 409 g/mol. The average Bonchev–Trinajstić information content (AvgIpc) is 2.26. The van der Waals surface area contributed by atoms with Crippen LogP contribution in [0.4, 0.5) is 22.0 Å². The first-order valence-electron chi connectivity index (χ1n) is 5.37. The molecule has 0 bridgehead atoms. The van der Waals surface area contributed by atoms with Crippen molar-refractivity contribution in [2.75, 3.05) is 6.61 Å². The van der Waals surface area contributed by atoms with Gasteiger partial charge in [-0.1, -0.05) is 0 Å². The summed E-state index contributed by atoms with van der Waals surface area (Å²) in [6.45, 7) is 1.46. The number of hydrogen-bond acceptors (Lipinski definition) is 3. The molecule has 20 heavy (non-hydrogen) atoms. The molecule has 0 amide bonds. The van der Waals surface area contributed by atoms with Crippen LogP contribution in [0.5, 0.6) is 0 Å². The Labute approximate surface area is 124 Å². The van der Waals surface area contributed by atoms with Gasteiger partial charge in [0.25, 0.3) is 6.43 Å². The molecule has 0 atom stereocenters. The second-order valence-corrected chi connectivity index (χ2v) is 4.74. The highest BCUT2D eigenvalue weighted by Gasteiger charge is 2.40. The van der Waals surface area contributed by atoms with Crippen LogP contribution < -0.4 is 0 Å². The Kier molecular flexibility index (Phi) is 5.66. The van der Waals surface area contributed by atoms with Gasteiger partial charge in [-0.25, -0.2) is 13.8 Å². The maximum absolute atomic E-state index is 12.9. The van der Waals surface area contributed by atoms with E-state index in [0.29, 0.717) is 6.07 Å². The number of halogens is 6. The van der Waals surface area contributed by atoms with Crippen LogP contribution >= 0.6 is 22.6 Å². The molecule has 0 unspecified atom stereocenters. The van der Waals surface area contributed by atoms with E-state index in [-0.39, 0.29) is 10.3 Å². The molecule has 0 aliphatic heterocycles. The van der Waals surface area contributed by atoms with Gasteiger partial charge in [-0.3, -0.25) is 4.79 Å². The zero-order valence-electron chi connectivity index (χ0n) is 10.1. The Hall–Kier alpha value is -1.00. The van der Waals surface area contributed by atoms with Gasteiger partial charge in [0.05, 0.1) is 24.3 Å². The van der Waals surface area contributed by atoms with E-state index in [1.807, 2.05) is 0 Å². The molecule has 1 aromatic heterocycles. The van der Waals surface area contributed by atoms with Gasteiger partial charge >= 0.3 is 12.1 Å². The minimum atomic E-state index is -5.02. The van der Waals surface area contributed by atoms with Crippen molar-refractivity contribution in [3.05, 3.63) is 26.6 Å². The topological polar surface area (TPSA) is 39.2 Å². The normalized spacial score (nSPS) is 11.8. The summed E-state index contributed by atoms with van der Waals surface area (Å²) in [5, 5.41) is 0. The summed E-state index contributed by atoms with van der Waals surface area (Å²) in [6, 6.07) is 0.655. The van der Waals surface area contributed by atoms with E-state index in [4.69, 9.17) is 0 Å². The van der Waals surface area contributed by atoms with Gasteiger partial charge in [0.2, 0.25) is 0 Å². The van der Waals surface area contributed by atoms with E-state index in [1.54, 1.807) is 0 Å². The number of alkyl halides is 5. The smallest absolute Gasteiger partial charge is 0.418 e. The van der Waals surface area contributed by atoms with Crippen LogP contribution in [-0.4, -0.2) is 17.6 Å². The number of ether oxygens (including phenoxy) is 1. The van der Waals surface area contributed by atoms with E-state index >= 15 is 0 Å². The molecule has 0 aliphatic carbocycles. The monoisotopic (exact) mass is 409 g/mol. The summed E-state index contributed by atoms with van der Waals surface area (Å²) in [6.07, 6.45) is -9.14. The lowest BCUT2D eigenvalue weighted by Gasteiger charge is -2.16. The molecular formula is C11H9F5INO2. The van der Waals surface area contributed by atoms with Crippen molar-refractivity contribution in [1.82, 2.24) is 4.98 Å². The van der Waals surface area contributed by atoms with E-state index < -0.39 is 41.8 Å². The first-order chi connectivity index (χ1) is 9.16. The number of rotatable bonds is 4. The van der Waals surface area contributed by atoms with Gasteiger partial charge in [0, 0.05) is 5.56 Å². The summed E-state index contributed by atoms with van der Waals surface area (Å²) in [4.78, 5) is 14.8. The quantitative estimate of drug-likeness (QED) is 0.329. The highest BCUT2D eigenvalue weighted by molar-refractivity contribution is 14.1. The number of aromatic nitrogens is 1. The van der Waals surface area contributed by atoms with E-state index in [9.17, 15) is 26.7 Å². The molecule has 0 N–H and O–H groups in total. The Morgan fingerprint density at radius 1 is 1.45 bits per heavy atom.